The van der Waals surface area contributed by atoms with Crippen molar-refractivity contribution < 1.29 is 13.2 Å². The van der Waals surface area contributed by atoms with Crippen LogP contribution in [0.15, 0.2) is 30.3 Å². The van der Waals surface area contributed by atoms with Crippen molar-refractivity contribution in [1.82, 2.24) is 14.7 Å². The number of nitrogens with zero attached hydrogens (tertiary/aromatic N) is 3. The summed E-state index contributed by atoms with van der Waals surface area (Å²) in [4.78, 5) is 19.2. The van der Waals surface area contributed by atoms with Crippen LogP contribution in [0.4, 0.5) is 0 Å². The fraction of sp³-hybridized carbons (Fsp3) is 0.650. The lowest BCUT2D eigenvalue weighted by Gasteiger charge is -2.35. The predicted octanol–water partition coefficient (Wildman–Crippen LogP) is 1.23. The summed E-state index contributed by atoms with van der Waals surface area (Å²) in [6.45, 7) is 8.24. The van der Waals surface area contributed by atoms with Crippen LogP contribution in [0, 0.1) is 0 Å². The normalized spacial score (nSPS) is 23.4. The molecule has 0 bridgehead atoms. The molecule has 1 unspecified atom stereocenters. The van der Waals surface area contributed by atoms with Gasteiger partial charge in [-0.25, -0.2) is 8.42 Å². The average Bonchev–Trinajstić information content (AvgIpc) is 3.02. The molecular weight excluding hydrogens is 362 g/mol. The van der Waals surface area contributed by atoms with Crippen molar-refractivity contribution in [3.05, 3.63) is 35.9 Å². The summed E-state index contributed by atoms with van der Waals surface area (Å²) in [5, 5.41) is 0. The maximum Gasteiger partial charge on any atom is 0.224 e. The molecule has 0 aliphatic carbocycles. The number of piperazine rings is 1. The highest BCUT2D eigenvalue weighted by atomic mass is 32.2. The molecule has 2 aliphatic heterocycles. The summed E-state index contributed by atoms with van der Waals surface area (Å²) in [5.74, 6) is 0.432. The zero-order chi connectivity index (χ0) is 19.3. The van der Waals surface area contributed by atoms with Crippen molar-refractivity contribution in [3.8, 4) is 0 Å². The first-order chi connectivity index (χ1) is 13.0. The number of carbonyl (C=O) groups excluding carboxylic acids is 1. The highest BCUT2D eigenvalue weighted by Gasteiger charge is 2.33. The minimum atomic E-state index is -2.96. The number of sulfone groups is 1. The molecule has 1 atom stereocenters. The Kier molecular flexibility index (Phi) is 6.89. The summed E-state index contributed by atoms with van der Waals surface area (Å²) in [6, 6.07) is 10.4. The van der Waals surface area contributed by atoms with E-state index in [4.69, 9.17) is 0 Å². The van der Waals surface area contributed by atoms with Gasteiger partial charge in [0.25, 0.3) is 0 Å². The number of hydrogen-bond donors (Lipinski definition) is 0. The summed E-state index contributed by atoms with van der Waals surface area (Å²) in [6.07, 6.45) is 1.06. The lowest BCUT2D eigenvalue weighted by atomic mass is 10.2. The molecule has 0 N–H and O–H groups in total. The van der Waals surface area contributed by atoms with E-state index >= 15 is 0 Å². The quantitative estimate of drug-likeness (QED) is 0.697. The summed E-state index contributed by atoms with van der Waals surface area (Å²) < 4.78 is 23.4. The van der Waals surface area contributed by atoms with Crippen LogP contribution >= 0.6 is 0 Å². The number of hydrogen-bond acceptors (Lipinski definition) is 5. The van der Waals surface area contributed by atoms with Crippen LogP contribution in [-0.4, -0.2) is 85.8 Å². The second-order valence-electron chi connectivity index (χ2n) is 7.59. The Morgan fingerprint density at radius 1 is 1.11 bits per heavy atom. The molecule has 0 radical (unpaired) electrons. The lowest BCUT2D eigenvalue weighted by Crippen LogP contribution is -2.47. The number of benzene rings is 1. The molecule has 0 saturated carbocycles. The van der Waals surface area contributed by atoms with Gasteiger partial charge >= 0.3 is 0 Å². The topological polar surface area (TPSA) is 60.9 Å². The first-order valence-corrected chi connectivity index (χ1v) is 11.8. The maximum atomic E-state index is 12.6. The standard InChI is InChI=1S/C20H31N3O3S/c1-2-23(19-9-15-27(25,26)17-19)20(24)8-10-21-11-13-22(14-12-21)16-18-6-4-3-5-7-18/h3-7,19H,2,8-17H2,1H3. The number of amides is 1. The van der Waals surface area contributed by atoms with Gasteiger partial charge in [0.15, 0.2) is 9.84 Å². The zero-order valence-corrected chi connectivity index (χ0v) is 17.0. The van der Waals surface area contributed by atoms with Gasteiger partial charge in [0.05, 0.1) is 11.5 Å². The van der Waals surface area contributed by atoms with Crippen molar-refractivity contribution in [2.45, 2.75) is 32.4 Å². The van der Waals surface area contributed by atoms with Crippen LogP contribution in [0.3, 0.4) is 0 Å². The van der Waals surface area contributed by atoms with Crippen LogP contribution < -0.4 is 0 Å². The molecule has 3 rings (SSSR count). The van der Waals surface area contributed by atoms with E-state index in [-0.39, 0.29) is 23.5 Å². The van der Waals surface area contributed by atoms with Gasteiger partial charge in [-0.2, -0.15) is 0 Å². The van der Waals surface area contributed by atoms with Crippen molar-refractivity contribution in [1.29, 1.82) is 0 Å². The van der Waals surface area contributed by atoms with E-state index in [9.17, 15) is 13.2 Å². The average molecular weight is 394 g/mol. The highest BCUT2D eigenvalue weighted by Crippen LogP contribution is 2.18. The first-order valence-electron chi connectivity index (χ1n) is 9.95. The van der Waals surface area contributed by atoms with Crippen molar-refractivity contribution in [3.63, 3.8) is 0 Å². The van der Waals surface area contributed by atoms with E-state index in [0.717, 1.165) is 39.3 Å². The van der Waals surface area contributed by atoms with Gasteiger partial charge in [0.1, 0.15) is 0 Å². The molecule has 27 heavy (non-hydrogen) atoms. The van der Waals surface area contributed by atoms with Crippen LogP contribution in [0.2, 0.25) is 0 Å². The molecule has 6 nitrogen and oxygen atoms in total. The fourth-order valence-corrected chi connectivity index (χ4v) is 5.80. The Morgan fingerprint density at radius 2 is 1.78 bits per heavy atom. The van der Waals surface area contributed by atoms with E-state index in [0.29, 0.717) is 19.4 Å². The van der Waals surface area contributed by atoms with Crippen molar-refractivity contribution in [2.24, 2.45) is 0 Å². The molecule has 0 aromatic heterocycles. The van der Waals surface area contributed by atoms with E-state index < -0.39 is 9.84 Å². The second kappa shape index (κ2) is 9.17. The molecule has 150 valence electrons. The van der Waals surface area contributed by atoms with Crippen LogP contribution in [0.5, 0.6) is 0 Å². The van der Waals surface area contributed by atoms with Gasteiger partial charge in [-0.15, -0.1) is 0 Å². The third-order valence-electron chi connectivity index (χ3n) is 5.67. The lowest BCUT2D eigenvalue weighted by molar-refractivity contribution is -0.133. The van der Waals surface area contributed by atoms with Gasteiger partial charge in [-0.05, 0) is 18.9 Å². The Morgan fingerprint density at radius 3 is 2.37 bits per heavy atom. The van der Waals surface area contributed by atoms with Crippen molar-refractivity contribution >= 4 is 15.7 Å². The summed E-state index contributed by atoms with van der Waals surface area (Å²) in [5.41, 5.74) is 1.34. The molecule has 1 aromatic rings. The van der Waals surface area contributed by atoms with Gasteiger partial charge < -0.3 is 9.80 Å². The molecule has 2 fully saturated rings. The molecule has 7 heteroatoms. The second-order valence-corrected chi connectivity index (χ2v) is 9.82. The van der Waals surface area contributed by atoms with E-state index in [1.54, 1.807) is 4.90 Å². The van der Waals surface area contributed by atoms with Crippen molar-refractivity contribution in [2.75, 3.05) is 50.8 Å². The van der Waals surface area contributed by atoms with E-state index in [1.165, 1.54) is 5.56 Å². The summed E-state index contributed by atoms with van der Waals surface area (Å²) in [7, 11) is -2.96. The number of carbonyl (C=O) groups is 1. The Hall–Kier alpha value is -1.44. The Balaban J connectivity index is 1.40. The molecule has 2 aliphatic rings. The molecule has 1 amide bonds. The van der Waals surface area contributed by atoms with Crippen LogP contribution in [0.25, 0.3) is 0 Å². The van der Waals surface area contributed by atoms with Gasteiger partial charge in [-0.1, -0.05) is 30.3 Å². The summed E-state index contributed by atoms with van der Waals surface area (Å²) >= 11 is 0. The van der Waals surface area contributed by atoms with Gasteiger partial charge in [0.2, 0.25) is 5.91 Å². The fourth-order valence-electron chi connectivity index (χ4n) is 4.07. The monoisotopic (exact) mass is 393 g/mol. The van der Waals surface area contributed by atoms with E-state index in [1.807, 2.05) is 13.0 Å². The minimum Gasteiger partial charge on any atom is -0.339 e. The smallest absolute Gasteiger partial charge is 0.224 e. The third kappa shape index (κ3) is 5.77. The predicted molar refractivity (Wildman–Crippen MR) is 107 cm³/mol. The van der Waals surface area contributed by atoms with Crippen LogP contribution in [-0.2, 0) is 21.2 Å². The highest BCUT2D eigenvalue weighted by molar-refractivity contribution is 7.91. The SMILES string of the molecule is CCN(C(=O)CCN1CCN(Cc2ccccc2)CC1)C1CCS(=O)(=O)C1. The van der Waals surface area contributed by atoms with E-state index in [2.05, 4.69) is 34.1 Å². The largest absolute Gasteiger partial charge is 0.339 e. The zero-order valence-electron chi connectivity index (χ0n) is 16.2. The molecular formula is C20H31N3O3S. The van der Waals surface area contributed by atoms with Gasteiger partial charge in [0, 0.05) is 58.3 Å². The molecule has 2 saturated heterocycles. The number of rotatable bonds is 7. The maximum absolute atomic E-state index is 12.6. The molecule has 2 heterocycles. The Labute approximate surface area is 163 Å². The third-order valence-corrected chi connectivity index (χ3v) is 7.42. The van der Waals surface area contributed by atoms with Crippen LogP contribution in [0.1, 0.15) is 25.3 Å². The molecule has 0 spiro atoms. The first kappa shape index (κ1) is 20.3. The Bertz CT molecular complexity index is 715. The van der Waals surface area contributed by atoms with Gasteiger partial charge in [-0.3, -0.25) is 9.69 Å². The minimum absolute atomic E-state index is 0.0892. The molecule has 1 aromatic carbocycles.